The Balaban J connectivity index is 2.31. The maximum Gasteiger partial charge on any atom is 0.187 e. The average molecular weight is 225 g/mol. The smallest absolute Gasteiger partial charge is 0.187 e. The molecule has 0 aliphatic carbocycles. The molecule has 0 bridgehead atoms. The number of thioether (sulfide) groups is 1. The maximum atomic E-state index is 4.39. The molecule has 84 valence electrons. The van der Waals surface area contributed by atoms with Gasteiger partial charge in [0.15, 0.2) is 5.16 Å². The standard InChI is InChI=1S/C11H19N3S/c1-9-8-10(2)14-11(13-9)15-7-5-4-6-12-3/h8,12H,4-7H2,1-3H3. The molecule has 1 aromatic heterocycles. The molecule has 0 fully saturated rings. The molecule has 0 spiro atoms. The van der Waals surface area contributed by atoms with Crippen LogP contribution in [0.1, 0.15) is 24.2 Å². The van der Waals surface area contributed by atoms with Crippen LogP contribution in [0.5, 0.6) is 0 Å². The van der Waals surface area contributed by atoms with Crippen molar-refractivity contribution in [1.82, 2.24) is 15.3 Å². The summed E-state index contributed by atoms with van der Waals surface area (Å²) >= 11 is 1.75. The van der Waals surface area contributed by atoms with E-state index in [4.69, 9.17) is 0 Å². The Bertz CT molecular complexity index is 282. The van der Waals surface area contributed by atoms with Crippen LogP contribution < -0.4 is 5.32 Å². The predicted octanol–water partition coefficient (Wildman–Crippen LogP) is 2.19. The Morgan fingerprint density at radius 1 is 1.20 bits per heavy atom. The lowest BCUT2D eigenvalue weighted by Crippen LogP contribution is -2.07. The van der Waals surface area contributed by atoms with E-state index in [-0.39, 0.29) is 0 Å². The molecule has 0 aromatic carbocycles. The lowest BCUT2D eigenvalue weighted by Gasteiger charge is -2.02. The first-order chi connectivity index (χ1) is 7.22. The maximum absolute atomic E-state index is 4.39. The minimum absolute atomic E-state index is 0.914. The van der Waals surface area contributed by atoms with E-state index in [1.54, 1.807) is 11.8 Å². The Labute approximate surface area is 96.1 Å². The zero-order chi connectivity index (χ0) is 11.1. The van der Waals surface area contributed by atoms with Crippen LogP contribution in [-0.4, -0.2) is 29.3 Å². The molecule has 1 aromatic rings. The van der Waals surface area contributed by atoms with Crippen molar-refractivity contribution in [3.05, 3.63) is 17.5 Å². The highest BCUT2D eigenvalue weighted by Gasteiger charge is 1.99. The van der Waals surface area contributed by atoms with Crippen molar-refractivity contribution in [2.24, 2.45) is 0 Å². The lowest BCUT2D eigenvalue weighted by molar-refractivity contribution is 0.714. The summed E-state index contributed by atoms with van der Waals surface area (Å²) in [4.78, 5) is 8.78. The first-order valence-corrected chi connectivity index (χ1v) is 6.30. The number of aromatic nitrogens is 2. The van der Waals surface area contributed by atoms with Crippen molar-refractivity contribution in [2.75, 3.05) is 19.3 Å². The third-order valence-corrected chi connectivity index (χ3v) is 2.95. The van der Waals surface area contributed by atoms with Gasteiger partial charge in [0.25, 0.3) is 0 Å². The third kappa shape index (κ3) is 5.14. The van der Waals surface area contributed by atoms with Crippen molar-refractivity contribution < 1.29 is 0 Å². The van der Waals surface area contributed by atoms with Gasteiger partial charge < -0.3 is 5.32 Å². The summed E-state index contributed by atoms with van der Waals surface area (Å²) in [7, 11) is 1.99. The molecule has 0 saturated heterocycles. The molecule has 1 rings (SSSR count). The summed E-state index contributed by atoms with van der Waals surface area (Å²) in [6.45, 7) is 5.12. The Morgan fingerprint density at radius 3 is 2.47 bits per heavy atom. The number of aryl methyl sites for hydroxylation is 2. The monoisotopic (exact) mass is 225 g/mol. The number of unbranched alkanes of at least 4 members (excludes halogenated alkanes) is 1. The van der Waals surface area contributed by atoms with Crippen LogP contribution in [-0.2, 0) is 0 Å². The topological polar surface area (TPSA) is 37.8 Å². The van der Waals surface area contributed by atoms with E-state index in [9.17, 15) is 0 Å². The first-order valence-electron chi connectivity index (χ1n) is 5.32. The van der Waals surface area contributed by atoms with Gasteiger partial charge >= 0.3 is 0 Å². The predicted molar refractivity (Wildman–Crippen MR) is 65.4 cm³/mol. The molecular formula is C11H19N3S. The Morgan fingerprint density at radius 2 is 1.87 bits per heavy atom. The second-order valence-electron chi connectivity index (χ2n) is 3.59. The Hall–Kier alpha value is -0.610. The second kappa shape index (κ2) is 6.80. The highest BCUT2D eigenvalue weighted by Crippen LogP contribution is 2.15. The van der Waals surface area contributed by atoms with E-state index in [0.29, 0.717) is 0 Å². The van der Waals surface area contributed by atoms with E-state index in [2.05, 4.69) is 15.3 Å². The highest BCUT2D eigenvalue weighted by molar-refractivity contribution is 7.99. The van der Waals surface area contributed by atoms with Gasteiger partial charge in [0.05, 0.1) is 0 Å². The van der Waals surface area contributed by atoms with Crippen molar-refractivity contribution in [3.63, 3.8) is 0 Å². The largest absolute Gasteiger partial charge is 0.320 e. The van der Waals surface area contributed by atoms with Crippen LogP contribution >= 0.6 is 11.8 Å². The van der Waals surface area contributed by atoms with E-state index in [0.717, 1.165) is 28.8 Å². The summed E-state index contributed by atoms with van der Waals surface area (Å²) in [6, 6.07) is 2.01. The molecule has 0 aliphatic rings. The van der Waals surface area contributed by atoms with Gasteiger partial charge in [-0.3, -0.25) is 0 Å². The molecule has 3 nitrogen and oxygen atoms in total. The summed E-state index contributed by atoms with van der Waals surface area (Å²) < 4.78 is 0. The van der Waals surface area contributed by atoms with Gasteiger partial charge in [0.1, 0.15) is 0 Å². The molecule has 0 saturated carbocycles. The van der Waals surface area contributed by atoms with Crippen LogP contribution in [0.15, 0.2) is 11.2 Å². The number of hydrogen-bond donors (Lipinski definition) is 1. The molecule has 1 N–H and O–H groups in total. The minimum atomic E-state index is 0.914. The fraction of sp³-hybridized carbons (Fsp3) is 0.636. The van der Waals surface area contributed by atoms with Crippen LogP contribution in [0.25, 0.3) is 0 Å². The van der Waals surface area contributed by atoms with Crippen LogP contribution in [0.3, 0.4) is 0 Å². The van der Waals surface area contributed by atoms with E-state index < -0.39 is 0 Å². The highest BCUT2D eigenvalue weighted by atomic mass is 32.2. The third-order valence-electron chi connectivity index (χ3n) is 2.01. The molecule has 0 amide bonds. The molecule has 0 aliphatic heterocycles. The van der Waals surface area contributed by atoms with Gasteiger partial charge in [0, 0.05) is 17.1 Å². The van der Waals surface area contributed by atoms with Gasteiger partial charge in [-0.2, -0.15) is 0 Å². The van der Waals surface area contributed by atoms with Crippen LogP contribution in [0.2, 0.25) is 0 Å². The van der Waals surface area contributed by atoms with Crippen molar-refractivity contribution in [3.8, 4) is 0 Å². The van der Waals surface area contributed by atoms with Gasteiger partial charge in [-0.1, -0.05) is 11.8 Å². The number of hydrogen-bond acceptors (Lipinski definition) is 4. The Kier molecular flexibility index (Phi) is 5.65. The van der Waals surface area contributed by atoms with Gasteiger partial charge in [-0.15, -0.1) is 0 Å². The van der Waals surface area contributed by atoms with E-state index in [1.807, 2.05) is 27.0 Å². The summed E-state index contributed by atoms with van der Waals surface area (Å²) in [5.41, 5.74) is 2.11. The molecule has 1 heterocycles. The SMILES string of the molecule is CNCCCCSc1nc(C)cc(C)n1. The van der Waals surface area contributed by atoms with E-state index in [1.165, 1.54) is 12.8 Å². The lowest BCUT2D eigenvalue weighted by atomic mass is 10.3. The van der Waals surface area contributed by atoms with Crippen molar-refractivity contribution >= 4 is 11.8 Å². The summed E-state index contributed by atoms with van der Waals surface area (Å²) in [5, 5.41) is 4.06. The molecule has 0 unspecified atom stereocenters. The van der Waals surface area contributed by atoms with Gasteiger partial charge in [0.2, 0.25) is 0 Å². The molecule has 0 radical (unpaired) electrons. The molecule has 4 heteroatoms. The number of nitrogens with one attached hydrogen (secondary N) is 1. The van der Waals surface area contributed by atoms with Gasteiger partial charge in [-0.05, 0) is 46.3 Å². The quantitative estimate of drug-likeness (QED) is 0.457. The molecular weight excluding hydrogens is 206 g/mol. The fourth-order valence-electron chi connectivity index (χ4n) is 1.33. The zero-order valence-corrected chi connectivity index (χ0v) is 10.5. The summed E-state index contributed by atoms with van der Waals surface area (Å²) in [6.07, 6.45) is 2.43. The number of nitrogens with zero attached hydrogens (tertiary/aromatic N) is 2. The van der Waals surface area contributed by atoms with Crippen molar-refractivity contribution in [1.29, 1.82) is 0 Å². The summed E-state index contributed by atoms with van der Waals surface area (Å²) in [5.74, 6) is 1.10. The molecule has 0 atom stereocenters. The second-order valence-corrected chi connectivity index (χ2v) is 4.65. The van der Waals surface area contributed by atoms with E-state index >= 15 is 0 Å². The fourth-order valence-corrected chi connectivity index (χ4v) is 2.27. The first kappa shape index (κ1) is 12.5. The van der Waals surface area contributed by atoms with Gasteiger partial charge in [-0.25, -0.2) is 9.97 Å². The minimum Gasteiger partial charge on any atom is -0.320 e. The average Bonchev–Trinajstić information content (AvgIpc) is 2.16. The van der Waals surface area contributed by atoms with Crippen LogP contribution in [0, 0.1) is 13.8 Å². The van der Waals surface area contributed by atoms with Crippen molar-refractivity contribution in [2.45, 2.75) is 31.8 Å². The zero-order valence-electron chi connectivity index (χ0n) is 9.71. The van der Waals surface area contributed by atoms with Crippen LogP contribution in [0.4, 0.5) is 0 Å². The normalized spacial score (nSPS) is 10.6. The number of rotatable bonds is 6. The molecule has 15 heavy (non-hydrogen) atoms.